The molecule has 28 rings (SSSR count). The third kappa shape index (κ3) is 10.8. The van der Waals surface area contributed by atoms with Gasteiger partial charge in [0, 0.05) is 106 Å². The molecule has 584 valence electrons. The molecule has 6 aromatic heterocycles. The van der Waals surface area contributed by atoms with Gasteiger partial charge < -0.3 is 18.3 Å². The van der Waals surface area contributed by atoms with Gasteiger partial charge in [0.1, 0.15) is 0 Å². The van der Waals surface area contributed by atoms with Crippen molar-refractivity contribution in [2.24, 2.45) is 0 Å². The Morgan fingerprint density at radius 3 is 0.778 bits per heavy atom. The molecule has 0 amide bonds. The van der Waals surface area contributed by atoms with Gasteiger partial charge in [0.15, 0.2) is 0 Å². The molecule has 0 atom stereocenters. The fraction of sp³-hybridized carbons (Fsp3) is 0. The van der Waals surface area contributed by atoms with E-state index in [1.54, 1.807) is 0 Å². The standard InChI is InChI=1S/2C60H36N2S/c1-2-14-45-43(12-1)44-13-3-4-15-46(44)52-36-41(30-31-47(45)52)62-56-22-9-6-17-49(56)54-35-39(27-33-58(54)62)38-26-32-57-53(34-38)48-16-5-8-21-55(48)61(57)40-28-24-37(25-29-40)42-19-11-20-51-50-18-7-10-23-59(50)63-60(42)51;1-2-13-45-43(11-1)44-12-3-4-14-46(44)51-36-42(28-29-47(45)51)62-56-19-9-6-16-49(56)53-34-40(24-31-58(53)62)39-23-30-57-52(33-39)48-15-5-8-18-55(48)61(57)41-26-21-37(22-27-41)38-25-32-60-54(35-38)50-17-7-10-20-59(50)63-60/h2*1-36H. The molecule has 0 saturated carbocycles. The third-order valence-electron chi connectivity index (χ3n) is 27.0. The molecule has 6 heteroatoms. The number of hydrogen-bond acceptors (Lipinski definition) is 2. The van der Waals surface area contributed by atoms with Crippen molar-refractivity contribution < 1.29 is 0 Å². The van der Waals surface area contributed by atoms with Crippen LogP contribution in [0.1, 0.15) is 0 Å². The highest BCUT2D eigenvalue weighted by molar-refractivity contribution is 7.26. The minimum atomic E-state index is 1.16. The molecule has 0 aliphatic rings. The average molecular weight is 1630 g/mol. The third-order valence-corrected chi connectivity index (χ3v) is 29.4. The summed E-state index contributed by atoms with van der Waals surface area (Å²) in [5.74, 6) is 0. The predicted molar refractivity (Wildman–Crippen MR) is 543 cm³/mol. The van der Waals surface area contributed by atoms with E-state index in [1.807, 2.05) is 22.7 Å². The second kappa shape index (κ2) is 27.8. The van der Waals surface area contributed by atoms with E-state index in [-0.39, 0.29) is 0 Å². The molecule has 0 unspecified atom stereocenters. The first-order chi connectivity index (χ1) is 62.5. The van der Waals surface area contributed by atoms with Crippen molar-refractivity contribution in [2.75, 3.05) is 0 Å². The first-order valence-electron chi connectivity index (χ1n) is 43.3. The summed E-state index contributed by atoms with van der Waals surface area (Å²) in [4.78, 5) is 0. The molecule has 0 saturated heterocycles. The summed E-state index contributed by atoms with van der Waals surface area (Å²) in [6, 6.07) is 162. The SMILES string of the molecule is c1ccc2c(c1)sc1c(-c3ccc(-n4c5ccccc5c5cc(-c6ccc7c(c6)c6ccccc6n7-c6ccc7c8ccccc8c8ccccc8c7c6)ccc54)cc3)cccc12.c1ccc2c(c1)sc1ccc(-c3ccc(-n4c5ccccc5c5cc(-c6ccc7c(c6)c6ccccc6n7-c6ccc7c8ccccc8c8ccccc8c7c6)ccc54)cc3)cc12. The van der Waals surface area contributed by atoms with Crippen molar-refractivity contribution in [1.29, 1.82) is 0 Å². The van der Waals surface area contributed by atoms with Gasteiger partial charge in [-0.25, -0.2) is 0 Å². The molecule has 0 bridgehead atoms. The maximum Gasteiger partial charge on any atom is 0.0541 e. The van der Waals surface area contributed by atoms with Crippen LogP contribution in [0.5, 0.6) is 0 Å². The minimum absolute atomic E-state index is 1.16. The summed E-state index contributed by atoms with van der Waals surface area (Å²) in [6.07, 6.45) is 0. The number of para-hydroxylation sites is 4. The van der Waals surface area contributed by atoms with Crippen LogP contribution in [0.4, 0.5) is 0 Å². The number of rotatable bonds is 8. The highest BCUT2D eigenvalue weighted by Gasteiger charge is 2.23. The zero-order valence-electron chi connectivity index (χ0n) is 68.2. The Hall–Kier alpha value is -16.0. The van der Waals surface area contributed by atoms with Gasteiger partial charge in [0.25, 0.3) is 0 Å². The van der Waals surface area contributed by atoms with Gasteiger partial charge in [-0.2, -0.15) is 0 Å². The fourth-order valence-electron chi connectivity index (χ4n) is 21.3. The van der Waals surface area contributed by atoms with Crippen molar-refractivity contribution in [2.45, 2.75) is 0 Å². The minimum Gasteiger partial charge on any atom is -0.309 e. The Bertz CT molecular complexity index is 9410. The van der Waals surface area contributed by atoms with E-state index in [2.05, 4.69) is 455 Å². The Balaban J connectivity index is 0.000000131. The quantitative estimate of drug-likeness (QED) is 0.135. The molecule has 0 radical (unpaired) electrons. The van der Waals surface area contributed by atoms with Gasteiger partial charge in [-0.3, -0.25) is 0 Å². The van der Waals surface area contributed by atoms with E-state index in [0.717, 1.165) is 11.4 Å². The molecule has 126 heavy (non-hydrogen) atoms. The Morgan fingerprint density at radius 2 is 0.381 bits per heavy atom. The van der Waals surface area contributed by atoms with Crippen LogP contribution < -0.4 is 0 Å². The van der Waals surface area contributed by atoms with Gasteiger partial charge in [-0.05, 0) is 255 Å². The zero-order chi connectivity index (χ0) is 82.3. The zero-order valence-corrected chi connectivity index (χ0v) is 69.8. The molecule has 28 aromatic rings. The summed E-state index contributed by atoms with van der Waals surface area (Å²) < 4.78 is 15.1. The first kappa shape index (κ1) is 70.7. The van der Waals surface area contributed by atoms with Crippen molar-refractivity contribution in [3.63, 3.8) is 0 Å². The van der Waals surface area contributed by atoms with E-state index >= 15 is 0 Å². The normalized spacial score (nSPS) is 12.1. The van der Waals surface area contributed by atoms with Crippen molar-refractivity contribution in [3.05, 3.63) is 437 Å². The second-order valence-electron chi connectivity index (χ2n) is 33.7. The highest BCUT2D eigenvalue weighted by Crippen LogP contribution is 2.48. The monoisotopic (exact) mass is 1630 g/mol. The van der Waals surface area contributed by atoms with E-state index in [9.17, 15) is 0 Å². The topological polar surface area (TPSA) is 19.7 Å². The fourth-order valence-corrected chi connectivity index (χ4v) is 23.6. The van der Waals surface area contributed by atoms with E-state index in [0.29, 0.717) is 0 Å². The molecule has 4 nitrogen and oxygen atoms in total. The lowest BCUT2D eigenvalue weighted by Gasteiger charge is -2.14. The first-order valence-corrected chi connectivity index (χ1v) is 45.0. The van der Waals surface area contributed by atoms with Crippen molar-refractivity contribution in [3.8, 4) is 67.3 Å². The van der Waals surface area contributed by atoms with Crippen LogP contribution in [0.15, 0.2) is 437 Å². The molecule has 0 aliphatic carbocycles. The van der Waals surface area contributed by atoms with Crippen LogP contribution in [0, 0.1) is 0 Å². The molecular formula is C120H72N4S2. The van der Waals surface area contributed by atoms with E-state index in [1.165, 1.54) is 248 Å². The van der Waals surface area contributed by atoms with Crippen LogP contribution >= 0.6 is 22.7 Å². The molecule has 0 aliphatic heterocycles. The van der Waals surface area contributed by atoms with Crippen LogP contribution in [0.2, 0.25) is 0 Å². The van der Waals surface area contributed by atoms with Gasteiger partial charge in [-0.1, -0.05) is 291 Å². The number of thiophene rings is 2. The number of fused-ring (bicyclic) bond motifs is 30. The van der Waals surface area contributed by atoms with E-state index in [4.69, 9.17) is 0 Å². The van der Waals surface area contributed by atoms with Gasteiger partial charge >= 0.3 is 0 Å². The van der Waals surface area contributed by atoms with Gasteiger partial charge in [-0.15, -0.1) is 22.7 Å². The number of nitrogens with zero attached hydrogens (tertiary/aromatic N) is 4. The number of hydrogen-bond donors (Lipinski definition) is 0. The predicted octanol–water partition coefficient (Wildman–Crippen LogP) is 34.1. The molecule has 0 N–H and O–H groups in total. The smallest absolute Gasteiger partial charge is 0.0541 e. The van der Waals surface area contributed by atoms with Crippen LogP contribution in [-0.2, 0) is 0 Å². The van der Waals surface area contributed by atoms with Crippen molar-refractivity contribution in [1.82, 2.24) is 18.3 Å². The van der Waals surface area contributed by atoms with Crippen LogP contribution in [-0.4, -0.2) is 18.3 Å². The lowest BCUT2D eigenvalue weighted by Crippen LogP contribution is -1.94. The van der Waals surface area contributed by atoms with E-state index < -0.39 is 0 Å². The van der Waals surface area contributed by atoms with Crippen molar-refractivity contribution >= 4 is 215 Å². The molecule has 0 spiro atoms. The average Bonchev–Trinajstić information content (AvgIpc) is 1.18. The summed E-state index contributed by atoms with van der Waals surface area (Å²) in [5, 5.41) is 30.8. The molecule has 0 fully saturated rings. The Morgan fingerprint density at radius 1 is 0.127 bits per heavy atom. The summed E-state index contributed by atoms with van der Waals surface area (Å²) in [7, 11) is 0. The molecule has 6 heterocycles. The summed E-state index contributed by atoms with van der Waals surface area (Å²) in [5.41, 5.74) is 24.1. The summed E-state index contributed by atoms with van der Waals surface area (Å²) >= 11 is 3.75. The lowest BCUT2D eigenvalue weighted by molar-refractivity contribution is 1.18. The van der Waals surface area contributed by atoms with Gasteiger partial charge in [0.2, 0.25) is 0 Å². The molecular weight excluding hydrogens is 1560 g/mol. The lowest BCUT2D eigenvalue weighted by atomic mass is 9.94. The second-order valence-corrected chi connectivity index (χ2v) is 35.8. The highest BCUT2D eigenvalue weighted by atomic mass is 32.1. The largest absolute Gasteiger partial charge is 0.309 e. The molecule has 22 aromatic carbocycles. The number of aromatic nitrogens is 4. The van der Waals surface area contributed by atoms with Crippen LogP contribution in [0.3, 0.4) is 0 Å². The Labute approximate surface area is 731 Å². The summed E-state index contributed by atoms with van der Waals surface area (Å²) in [6.45, 7) is 0. The number of benzene rings is 22. The Kier molecular flexibility index (Phi) is 15.6. The maximum atomic E-state index is 2.45. The van der Waals surface area contributed by atoms with Gasteiger partial charge in [0.05, 0.1) is 44.1 Å². The maximum absolute atomic E-state index is 2.45. The van der Waals surface area contributed by atoms with Crippen LogP contribution in [0.25, 0.3) is 259 Å².